The topological polar surface area (TPSA) is 64.4 Å². The van der Waals surface area contributed by atoms with E-state index >= 15 is 0 Å². The fourth-order valence-electron chi connectivity index (χ4n) is 1.70. The molecule has 0 saturated heterocycles. The third-order valence-corrected chi connectivity index (χ3v) is 2.97. The highest BCUT2D eigenvalue weighted by atomic mass is 16.6. The van der Waals surface area contributed by atoms with E-state index in [1.807, 2.05) is 6.92 Å². The van der Waals surface area contributed by atoms with Crippen molar-refractivity contribution < 1.29 is 9.66 Å². The molecule has 1 aromatic rings. The Morgan fingerprint density at radius 2 is 2.28 bits per heavy atom. The Morgan fingerprint density at radius 1 is 1.50 bits per heavy atom. The van der Waals surface area contributed by atoms with Gasteiger partial charge >= 0.3 is 5.69 Å². The van der Waals surface area contributed by atoms with Gasteiger partial charge < -0.3 is 10.1 Å². The van der Waals surface area contributed by atoms with Gasteiger partial charge in [-0.2, -0.15) is 0 Å². The number of hydrogen-bond donors (Lipinski definition) is 1. The lowest BCUT2D eigenvalue weighted by atomic mass is 10.2. The van der Waals surface area contributed by atoms with Gasteiger partial charge in [0.2, 0.25) is 0 Å². The van der Waals surface area contributed by atoms with E-state index in [9.17, 15) is 10.1 Å². The second-order valence-electron chi connectivity index (χ2n) is 4.59. The maximum atomic E-state index is 10.9. The summed E-state index contributed by atoms with van der Waals surface area (Å²) >= 11 is 0. The number of ether oxygens (including phenoxy) is 1. The van der Waals surface area contributed by atoms with Gasteiger partial charge in [-0.15, -0.1) is 0 Å². The normalized spacial score (nSPS) is 14.5. The van der Waals surface area contributed by atoms with Crippen LogP contribution in [0.5, 0.6) is 5.75 Å². The molecule has 1 aliphatic carbocycles. The molecule has 2 rings (SSSR count). The molecule has 1 aliphatic rings. The zero-order chi connectivity index (χ0) is 13.0. The Labute approximate surface area is 106 Å². The molecule has 5 nitrogen and oxygen atoms in total. The quantitative estimate of drug-likeness (QED) is 0.596. The van der Waals surface area contributed by atoms with Gasteiger partial charge in [0.15, 0.2) is 5.75 Å². The van der Waals surface area contributed by atoms with Gasteiger partial charge in [-0.25, -0.2) is 0 Å². The first-order valence-corrected chi connectivity index (χ1v) is 6.31. The Kier molecular flexibility index (Phi) is 4.15. The molecule has 0 unspecified atom stereocenters. The lowest BCUT2D eigenvalue weighted by molar-refractivity contribution is -0.385. The Hall–Kier alpha value is -1.62. The van der Waals surface area contributed by atoms with E-state index in [1.165, 1.54) is 18.9 Å². The van der Waals surface area contributed by atoms with Crippen LogP contribution in [0.1, 0.15) is 25.3 Å². The fourth-order valence-corrected chi connectivity index (χ4v) is 1.70. The van der Waals surface area contributed by atoms with E-state index in [-0.39, 0.29) is 10.6 Å². The zero-order valence-corrected chi connectivity index (χ0v) is 10.5. The summed E-state index contributed by atoms with van der Waals surface area (Å²) in [5.74, 6) is 0.976. The summed E-state index contributed by atoms with van der Waals surface area (Å²) < 4.78 is 5.57. The minimum absolute atomic E-state index is 0.0518. The zero-order valence-electron chi connectivity index (χ0n) is 10.5. The van der Waals surface area contributed by atoms with E-state index in [4.69, 9.17) is 4.74 Å². The predicted octanol–water partition coefficient (Wildman–Crippen LogP) is 2.49. The number of hydrogen-bond acceptors (Lipinski definition) is 4. The SMILES string of the molecule is CCNCc1ccc([N+](=O)[O-])c(OCC2CC2)c1. The van der Waals surface area contributed by atoms with Crippen LogP contribution in [0, 0.1) is 16.0 Å². The summed E-state index contributed by atoms with van der Waals surface area (Å²) in [6.45, 7) is 4.19. The van der Waals surface area contributed by atoms with Gasteiger partial charge in [0.1, 0.15) is 0 Å². The second kappa shape index (κ2) is 5.82. The molecule has 1 saturated carbocycles. The number of nitrogens with zero attached hydrogens (tertiary/aromatic N) is 1. The third kappa shape index (κ3) is 3.43. The maximum Gasteiger partial charge on any atom is 0.310 e. The van der Waals surface area contributed by atoms with Gasteiger partial charge in [-0.3, -0.25) is 10.1 Å². The Balaban J connectivity index is 2.10. The Bertz CT molecular complexity index is 430. The van der Waals surface area contributed by atoms with Crippen molar-refractivity contribution >= 4 is 5.69 Å². The first-order valence-electron chi connectivity index (χ1n) is 6.31. The van der Waals surface area contributed by atoms with Crippen LogP contribution in [-0.2, 0) is 6.54 Å². The van der Waals surface area contributed by atoms with Crippen LogP contribution in [0.3, 0.4) is 0 Å². The van der Waals surface area contributed by atoms with Gasteiger partial charge in [0.05, 0.1) is 11.5 Å². The molecule has 0 atom stereocenters. The molecule has 18 heavy (non-hydrogen) atoms. The molecule has 0 aromatic heterocycles. The molecule has 98 valence electrons. The summed E-state index contributed by atoms with van der Waals surface area (Å²) in [6.07, 6.45) is 2.34. The van der Waals surface area contributed by atoms with Crippen molar-refractivity contribution in [2.24, 2.45) is 5.92 Å². The molecular formula is C13H18N2O3. The number of nitrogens with one attached hydrogen (secondary N) is 1. The molecule has 0 aliphatic heterocycles. The van der Waals surface area contributed by atoms with E-state index in [0.717, 1.165) is 12.1 Å². The van der Waals surface area contributed by atoms with Gasteiger partial charge in [-0.1, -0.05) is 13.0 Å². The highest BCUT2D eigenvalue weighted by Gasteiger charge is 2.24. The average molecular weight is 250 g/mol. The highest BCUT2D eigenvalue weighted by molar-refractivity contribution is 5.48. The van der Waals surface area contributed by atoms with Gasteiger partial charge in [0, 0.05) is 12.6 Å². The molecule has 1 N–H and O–H groups in total. The second-order valence-corrected chi connectivity index (χ2v) is 4.59. The first kappa shape index (κ1) is 12.8. The standard InChI is InChI=1S/C13H18N2O3/c1-2-14-8-11-5-6-12(15(16)17)13(7-11)18-9-10-3-4-10/h5-7,10,14H,2-4,8-9H2,1H3. The first-order chi connectivity index (χ1) is 8.70. The van der Waals surface area contributed by atoms with Crippen molar-refractivity contribution in [1.29, 1.82) is 0 Å². The molecular weight excluding hydrogens is 232 g/mol. The third-order valence-electron chi connectivity index (χ3n) is 2.97. The lowest BCUT2D eigenvalue weighted by Gasteiger charge is -2.08. The smallest absolute Gasteiger partial charge is 0.310 e. The molecule has 0 radical (unpaired) electrons. The van der Waals surface area contributed by atoms with Crippen molar-refractivity contribution in [2.45, 2.75) is 26.3 Å². The van der Waals surface area contributed by atoms with Crippen LogP contribution in [0.25, 0.3) is 0 Å². The van der Waals surface area contributed by atoms with Crippen LogP contribution < -0.4 is 10.1 Å². The minimum Gasteiger partial charge on any atom is -0.487 e. The minimum atomic E-state index is -0.390. The summed E-state index contributed by atoms with van der Waals surface area (Å²) in [5.41, 5.74) is 1.06. The molecule has 1 aromatic carbocycles. The van der Waals surface area contributed by atoms with Crippen LogP contribution in [0.2, 0.25) is 0 Å². The molecule has 1 fully saturated rings. The average Bonchev–Trinajstić information content (AvgIpc) is 3.17. The highest BCUT2D eigenvalue weighted by Crippen LogP contribution is 2.33. The number of nitro benzene ring substituents is 1. The van der Waals surface area contributed by atoms with Crippen molar-refractivity contribution in [3.8, 4) is 5.75 Å². The molecule has 5 heteroatoms. The van der Waals surface area contributed by atoms with E-state index in [2.05, 4.69) is 5.32 Å². The summed E-state index contributed by atoms with van der Waals surface area (Å²) in [6, 6.07) is 5.06. The van der Waals surface area contributed by atoms with Crippen LogP contribution in [-0.4, -0.2) is 18.1 Å². The van der Waals surface area contributed by atoms with Gasteiger partial charge in [-0.05, 0) is 36.9 Å². The maximum absolute atomic E-state index is 10.9. The lowest BCUT2D eigenvalue weighted by Crippen LogP contribution is -2.12. The molecule has 0 spiro atoms. The van der Waals surface area contributed by atoms with Crippen molar-refractivity contribution in [3.05, 3.63) is 33.9 Å². The van der Waals surface area contributed by atoms with E-state index in [0.29, 0.717) is 24.8 Å². The summed E-state index contributed by atoms with van der Waals surface area (Å²) in [4.78, 5) is 10.5. The van der Waals surface area contributed by atoms with Crippen molar-refractivity contribution in [1.82, 2.24) is 5.32 Å². The van der Waals surface area contributed by atoms with Crippen molar-refractivity contribution in [3.63, 3.8) is 0 Å². The van der Waals surface area contributed by atoms with Crippen LogP contribution in [0.4, 0.5) is 5.69 Å². The van der Waals surface area contributed by atoms with Crippen LogP contribution >= 0.6 is 0 Å². The number of nitro groups is 1. The van der Waals surface area contributed by atoms with Gasteiger partial charge in [0.25, 0.3) is 0 Å². The molecule has 0 amide bonds. The largest absolute Gasteiger partial charge is 0.487 e. The molecule has 0 bridgehead atoms. The van der Waals surface area contributed by atoms with E-state index < -0.39 is 0 Å². The Morgan fingerprint density at radius 3 is 2.89 bits per heavy atom. The summed E-state index contributed by atoms with van der Waals surface area (Å²) in [5, 5.41) is 14.1. The number of benzene rings is 1. The number of rotatable bonds is 7. The van der Waals surface area contributed by atoms with Crippen molar-refractivity contribution in [2.75, 3.05) is 13.2 Å². The summed E-state index contributed by atoms with van der Waals surface area (Å²) in [7, 11) is 0. The molecule has 0 heterocycles. The van der Waals surface area contributed by atoms with Crippen LogP contribution in [0.15, 0.2) is 18.2 Å². The fraction of sp³-hybridized carbons (Fsp3) is 0.538. The monoisotopic (exact) mass is 250 g/mol. The van der Waals surface area contributed by atoms with E-state index in [1.54, 1.807) is 12.1 Å². The predicted molar refractivity (Wildman–Crippen MR) is 68.7 cm³/mol.